The standard InChI is InChI=1S/C18H17FN2O3/c1-23-14-4-6-16-12(9-14)7-8-21(16)11-18(22)20-15-5-3-13(19)10-17(15)24-2/h3-10H,11H2,1-2H3,(H,20,22). The fraction of sp³-hybridized carbons (Fsp3) is 0.167. The van der Waals surface area contributed by atoms with E-state index < -0.39 is 5.82 Å². The van der Waals surface area contributed by atoms with E-state index in [9.17, 15) is 9.18 Å². The molecule has 0 aliphatic carbocycles. The molecule has 0 fully saturated rings. The average Bonchev–Trinajstić information content (AvgIpc) is 2.98. The van der Waals surface area contributed by atoms with E-state index in [1.54, 1.807) is 7.11 Å². The van der Waals surface area contributed by atoms with E-state index in [1.807, 2.05) is 35.0 Å². The number of carbonyl (C=O) groups excluding carboxylic acids is 1. The van der Waals surface area contributed by atoms with Crippen molar-refractivity contribution in [1.29, 1.82) is 0 Å². The van der Waals surface area contributed by atoms with Gasteiger partial charge in [-0.15, -0.1) is 0 Å². The van der Waals surface area contributed by atoms with Crippen LogP contribution in [0.1, 0.15) is 0 Å². The minimum absolute atomic E-state index is 0.135. The second kappa shape index (κ2) is 6.62. The Hall–Kier alpha value is -3.02. The number of benzene rings is 2. The van der Waals surface area contributed by atoms with Crippen molar-refractivity contribution in [3.05, 3.63) is 54.5 Å². The Balaban J connectivity index is 1.78. The number of nitrogens with one attached hydrogen (secondary N) is 1. The number of hydrogen-bond donors (Lipinski definition) is 1. The molecule has 6 heteroatoms. The van der Waals surface area contributed by atoms with Crippen LogP contribution in [0.5, 0.6) is 11.5 Å². The quantitative estimate of drug-likeness (QED) is 0.780. The molecule has 5 nitrogen and oxygen atoms in total. The Labute approximate surface area is 138 Å². The van der Waals surface area contributed by atoms with Crippen LogP contribution in [0.2, 0.25) is 0 Å². The molecule has 1 aromatic heterocycles. The number of halogens is 1. The van der Waals surface area contributed by atoms with Gasteiger partial charge in [-0.1, -0.05) is 0 Å². The van der Waals surface area contributed by atoms with Gasteiger partial charge in [0.15, 0.2) is 0 Å². The molecule has 0 saturated heterocycles. The maximum atomic E-state index is 13.2. The van der Waals surface area contributed by atoms with Gasteiger partial charge in [0.2, 0.25) is 5.91 Å². The highest BCUT2D eigenvalue weighted by Crippen LogP contribution is 2.25. The van der Waals surface area contributed by atoms with Gasteiger partial charge in [-0.3, -0.25) is 4.79 Å². The number of methoxy groups -OCH3 is 2. The number of carbonyl (C=O) groups is 1. The number of nitrogens with zero attached hydrogens (tertiary/aromatic N) is 1. The third-order valence-corrected chi connectivity index (χ3v) is 3.73. The second-order valence-electron chi connectivity index (χ2n) is 5.26. The molecule has 2 aromatic carbocycles. The van der Waals surface area contributed by atoms with Crippen LogP contribution in [0.3, 0.4) is 0 Å². The lowest BCUT2D eigenvalue weighted by molar-refractivity contribution is -0.116. The first kappa shape index (κ1) is 15.9. The van der Waals surface area contributed by atoms with E-state index in [4.69, 9.17) is 9.47 Å². The highest BCUT2D eigenvalue weighted by Gasteiger charge is 2.11. The fourth-order valence-electron chi connectivity index (χ4n) is 2.56. The normalized spacial score (nSPS) is 10.6. The summed E-state index contributed by atoms with van der Waals surface area (Å²) >= 11 is 0. The van der Waals surface area contributed by atoms with Crippen molar-refractivity contribution in [2.24, 2.45) is 0 Å². The number of amides is 1. The van der Waals surface area contributed by atoms with Gasteiger partial charge in [0, 0.05) is 23.2 Å². The fourth-order valence-corrected chi connectivity index (χ4v) is 2.56. The van der Waals surface area contributed by atoms with Gasteiger partial charge < -0.3 is 19.4 Å². The molecular weight excluding hydrogens is 311 g/mol. The summed E-state index contributed by atoms with van der Waals surface area (Å²) in [4.78, 5) is 12.3. The number of anilines is 1. The van der Waals surface area contributed by atoms with E-state index in [-0.39, 0.29) is 18.2 Å². The summed E-state index contributed by atoms with van der Waals surface area (Å²) in [5.74, 6) is 0.398. The predicted molar refractivity (Wildman–Crippen MR) is 90.1 cm³/mol. The van der Waals surface area contributed by atoms with Crippen molar-refractivity contribution in [3.8, 4) is 11.5 Å². The van der Waals surface area contributed by atoms with E-state index in [2.05, 4.69) is 5.32 Å². The third kappa shape index (κ3) is 3.17. The van der Waals surface area contributed by atoms with E-state index in [0.29, 0.717) is 5.69 Å². The van der Waals surface area contributed by atoms with Crippen LogP contribution in [0.4, 0.5) is 10.1 Å². The number of hydrogen-bond acceptors (Lipinski definition) is 3. The molecule has 0 aliphatic rings. The summed E-state index contributed by atoms with van der Waals surface area (Å²) in [5.41, 5.74) is 1.36. The molecule has 0 aliphatic heterocycles. The Morgan fingerprint density at radius 3 is 2.71 bits per heavy atom. The minimum Gasteiger partial charge on any atom is -0.497 e. The monoisotopic (exact) mass is 328 g/mol. The van der Waals surface area contributed by atoms with Gasteiger partial charge in [0.25, 0.3) is 0 Å². The molecule has 3 aromatic rings. The SMILES string of the molecule is COc1ccc2c(ccn2CC(=O)Nc2ccc(F)cc2OC)c1. The Kier molecular flexibility index (Phi) is 4.37. The van der Waals surface area contributed by atoms with Crippen molar-refractivity contribution >= 4 is 22.5 Å². The topological polar surface area (TPSA) is 52.5 Å². The molecule has 1 N–H and O–H groups in total. The zero-order valence-corrected chi connectivity index (χ0v) is 13.4. The molecule has 1 amide bonds. The molecular formula is C18H17FN2O3. The Bertz CT molecular complexity index is 889. The Morgan fingerprint density at radius 2 is 1.96 bits per heavy atom. The molecule has 0 radical (unpaired) electrons. The molecule has 0 spiro atoms. The predicted octanol–water partition coefficient (Wildman–Crippen LogP) is 3.44. The van der Waals surface area contributed by atoms with Gasteiger partial charge >= 0.3 is 0 Å². The summed E-state index contributed by atoms with van der Waals surface area (Å²) < 4.78 is 25.3. The highest BCUT2D eigenvalue weighted by molar-refractivity contribution is 5.93. The first-order chi connectivity index (χ1) is 11.6. The number of ether oxygens (including phenoxy) is 2. The highest BCUT2D eigenvalue weighted by atomic mass is 19.1. The molecule has 0 saturated carbocycles. The summed E-state index contributed by atoms with van der Waals surface area (Å²) in [6.07, 6.45) is 1.84. The van der Waals surface area contributed by atoms with Crippen molar-refractivity contribution in [3.63, 3.8) is 0 Å². The van der Waals surface area contributed by atoms with Gasteiger partial charge in [-0.25, -0.2) is 4.39 Å². The van der Waals surface area contributed by atoms with E-state index in [1.165, 1.54) is 25.3 Å². The van der Waals surface area contributed by atoms with E-state index >= 15 is 0 Å². The first-order valence-electron chi connectivity index (χ1n) is 7.37. The van der Waals surface area contributed by atoms with Crippen molar-refractivity contribution < 1.29 is 18.7 Å². The van der Waals surface area contributed by atoms with Crippen LogP contribution in [0.15, 0.2) is 48.7 Å². The summed E-state index contributed by atoms with van der Waals surface area (Å²) in [5, 5.41) is 3.73. The minimum atomic E-state index is -0.421. The number of rotatable bonds is 5. The van der Waals surface area contributed by atoms with Crippen molar-refractivity contribution in [2.45, 2.75) is 6.54 Å². The first-order valence-corrected chi connectivity index (χ1v) is 7.37. The number of fused-ring (bicyclic) bond motifs is 1. The molecule has 1 heterocycles. The molecule has 0 bridgehead atoms. The van der Waals surface area contributed by atoms with E-state index in [0.717, 1.165) is 16.7 Å². The molecule has 0 unspecified atom stereocenters. The van der Waals surface area contributed by atoms with Crippen LogP contribution in [0, 0.1) is 5.82 Å². The van der Waals surface area contributed by atoms with Crippen molar-refractivity contribution in [1.82, 2.24) is 4.57 Å². The molecule has 124 valence electrons. The van der Waals surface area contributed by atoms with Crippen LogP contribution in [-0.2, 0) is 11.3 Å². The summed E-state index contributed by atoms with van der Waals surface area (Å²) in [6.45, 7) is 0.135. The Morgan fingerprint density at radius 1 is 1.12 bits per heavy atom. The zero-order valence-electron chi connectivity index (χ0n) is 13.4. The lowest BCUT2D eigenvalue weighted by atomic mass is 10.2. The summed E-state index contributed by atoms with van der Waals surface area (Å²) in [6, 6.07) is 11.6. The lowest BCUT2D eigenvalue weighted by Gasteiger charge is -2.11. The largest absolute Gasteiger partial charge is 0.497 e. The smallest absolute Gasteiger partial charge is 0.244 e. The van der Waals surface area contributed by atoms with Crippen molar-refractivity contribution in [2.75, 3.05) is 19.5 Å². The molecule has 3 rings (SSSR count). The van der Waals surface area contributed by atoms with Crippen LogP contribution < -0.4 is 14.8 Å². The second-order valence-corrected chi connectivity index (χ2v) is 5.26. The van der Waals surface area contributed by atoms with Gasteiger partial charge in [-0.05, 0) is 36.4 Å². The molecule has 24 heavy (non-hydrogen) atoms. The van der Waals surface area contributed by atoms with Crippen LogP contribution in [-0.4, -0.2) is 24.7 Å². The lowest BCUT2D eigenvalue weighted by Crippen LogP contribution is -2.18. The van der Waals surface area contributed by atoms with Crippen LogP contribution in [0.25, 0.3) is 10.9 Å². The molecule has 0 atom stereocenters. The third-order valence-electron chi connectivity index (χ3n) is 3.73. The maximum absolute atomic E-state index is 13.2. The van der Waals surface area contributed by atoms with Gasteiger partial charge in [0.1, 0.15) is 23.9 Å². The zero-order chi connectivity index (χ0) is 17.1. The average molecular weight is 328 g/mol. The van der Waals surface area contributed by atoms with Gasteiger partial charge in [-0.2, -0.15) is 0 Å². The maximum Gasteiger partial charge on any atom is 0.244 e. The van der Waals surface area contributed by atoms with Crippen LogP contribution >= 0.6 is 0 Å². The summed E-state index contributed by atoms with van der Waals surface area (Å²) in [7, 11) is 3.04. The van der Waals surface area contributed by atoms with Gasteiger partial charge in [0.05, 0.1) is 19.9 Å². The number of aromatic nitrogens is 1.